The SMILES string of the molecule is COc1cccc(CCNC(=O)c2n[nH]c(=O)[nH]c2=O)c1. The van der Waals surface area contributed by atoms with E-state index in [0.717, 1.165) is 11.3 Å². The molecule has 0 aliphatic rings. The van der Waals surface area contributed by atoms with E-state index < -0.39 is 17.2 Å². The Labute approximate surface area is 119 Å². The summed E-state index contributed by atoms with van der Waals surface area (Å²) < 4.78 is 5.10. The highest BCUT2D eigenvalue weighted by Crippen LogP contribution is 2.12. The lowest BCUT2D eigenvalue weighted by Crippen LogP contribution is -2.36. The number of carbonyl (C=O) groups is 1. The quantitative estimate of drug-likeness (QED) is 0.682. The first-order valence-electron chi connectivity index (χ1n) is 6.20. The minimum absolute atomic E-state index is 0.326. The van der Waals surface area contributed by atoms with E-state index in [1.54, 1.807) is 7.11 Å². The summed E-state index contributed by atoms with van der Waals surface area (Å²) in [5, 5.41) is 7.98. The first-order chi connectivity index (χ1) is 10.1. The number of methoxy groups -OCH3 is 1. The second-order valence-electron chi connectivity index (χ2n) is 4.21. The van der Waals surface area contributed by atoms with Gasteiger partial charge in [-0.25, -0.2) is 9.89 Å². The lowest BCUT2D eigenvalue weighted by molar-refractivity contribution is 0.0946. The average Bonchev–Trinajstić information content (AvgIpc) is 2.47. The lowest BCUT2D eigenvalue weighted by atomic mass is 10.1. The number of hydrogen-bond donors (Lipinski definition) is 3. The first kappa shape index (κ1) is 14.5. The van der Waals surface area contributed by atoms with Crippen LogP contribution >= 0.6 is 0 Å². The van der Waals surface area contributed by atoms with Crippen molar-refractivity contribution in [1.29, 1.82) is 0 Å². The van der Waals surface area contributed by atoms with Crippen molar-refractivity contribution in [3.63, 3.8) is 0 Å². The van der Waals surface area contributed by atoms with Gasteiger partial charge in [0.25, 0.3) is 11.5 Å². The van der Waals surface area contributed by atoms with Gasteiger partial charge >= 0.3 is 5.69 Å². The fraction of sp³-hybridized carbons (Fsp3) is 0.231. The van der Waals surface area contributed by atoms with Crippen LogP contribution in [0.15, 0.2) is 33.9 Å². The normalized spacial score (nSPS) is 10.1. The highest BCUT2D eigenvalue weighted by atomic mass is 16.5. The maximum Gasteiger partial charge on any atom is 0.342 e. The Morgan fingerprint density at radius 1 is 1.38 bits per heavy atom. The topological polar surface area (TPSA) is 117 Å². The van der Waals surface area contributed by atoms with Crippen LogP contribution in [0.4, 0.5) is 0 Å². The Kier molecular flexibility index (Phi) is 4.50. The summed E-state index contributed by atoms with van der Waals surface area (Å²) >= 11 is 0. The monoisotopic (exact) mass is 290 g/mol. The molecule has 0 unspecified atom stereocenters. The van der Waals surface area contributed by atoms with Crippen molar-refractivity contribution in [2.75, 3.05) is 13.7 Å². The second kappa shape index (κ2) is 6.51. The number of nitrogens with zero attached hydrogens (tertiary/aromatic N) is 1. The van der Waals surface area contributed by atoms with Crippen molar-refractivity contribution in [1.82, 2.24) is 20.5 Å². The van der Waals surface area contributed by atoms with Gasteiger partial charge in [0.05, 0.1) is 7.11 Å². The van der Waals surface area contributed by atoms with Gasteiger partial charge in [0.1, 0.15) is 5.75 Å². The Balaban J connectivity index is 1.95. The minimum Gasteiger partial charge on any atom is -0.497 e. The molecule has 8 heteroatoms. The number of rotatable bonds is 5. The molecule has 2 aromatic rings. The van der Waals surface area contributed by atoms with Gasteiger partial charge in [0, 0.05) is 6.54 Å². The van der Waals surface area contributed by atoms with E-state index in [1.165, 1.54) is 0 Å². The van der Waals surface area contributed by atoms with Crippen LogP contribution in [0, 0.1) is 0 Å². The number of aromatic nitrogens is 3. The number of hydrogen-bond acceptors (Lipinski definition) is 5. The molecule has 1 aromatic carbocycles. The molecule has 2 rings (SSSR count). The smallest absolute Gasteiger partial charge is 0.342 e. The largest absolute Gasteiger partial charge is 0.497 e. The van der Waals surface area contributed by atoms with E-state index in [9.17, 15) is 14.4 Å². The zero-order chi connectivity index (χ0) is 15.2. The molecule has 0 saturated heterocycles. The fourth-order valence-electron chi connectivity index (χ4n) is 1.73. The maximum absolute atomic E-state index is 11.7. The molecule has 1 heterocycles. The van der Waals surface area contributed by atoms with Gasteiger partial charge in [-0.3, -0.25) is 14.6 Å². The van der Waals surface area contributed by atoms with Crippen LogP contribution in [0.25, 0.3) is 0 Å². The van der Waals surface area contributed by atoms with Gasteiger partial charge in [0.2, 0.25) is 5.69 Å². The Bertz CT molecular complexity index is 750. The predicted molar refractivity (Wildman–Crippen MR) is 74.5 cm³/mol. The van der Waals surface area contributed by atoms with E-state index in [2.05, 4.69) is 10.4 Å². The molecule has 3 N–H and O–H groups in total. The van der Waals surface area contributed by atoms with Crippen molar-refractivity contribution < 1.29 is 9.53 Å². The molecule has 0 bridgehead atoms. The van der Waals surface area contributed by atoms with Crippen LogP contribution in [-0.4, -0.2) is 34.7 Å². The lowest BCUT2D eigenvalue weighted by Gasteiger charge is -2.05. The fourth-order valence-corrected chi connectivity index (χ4v) is 1.73. The number of benzene rings is 1. The van der Waals surface area contributed by atoms with E-state index in [1.807, 2.05) is 34.3 Å². The van der Waals surface area contributed by atoms with E-state index >= 15 is 0 Å². The minimum atomic E-state index is -0.822. The third-order valence-electron chi connectivity index (χ3n) is 2.76. The van der Waals surface area contributed by atoms with Gasteiger partial charge in [-0.2, -0.15) is 5.10 Å². The third kappa shape index (κ3) is 3.78. The zero-order valence-corrected chi connectivity index (χ0v) is 11.3. The number of amides is 1. The molecule has 0 radical (unpaired) electrons. The standard InChI is InChI=1S/C13H14N4O4/c1-21-9-4-2-3-8(7-9)5-6-14-11(18)10-12(19)15-13(20)17-16-10/h2-4,7H,5-6H2,1H3,(H,14,18)(H2,15,17,19,20). The van der Waals surface area contributed by atoms with Crippen molar-refractivity contribution >= 4 is 5.91 Å². The maximum atomic E-state index is 11.7. The summed E-state index contributed by atoms with van der Waals surface area (Å²) in [7, 11) is 1.58. The van der Waals surface area contributed by atoms with Crippen LogP contribution in [0.1, 0.15) is 16.1 Å². The van der Waals surface area contributed by atoms with Crippen molar-refractivity contribution in [3.8, 4) is 5.75 Å². The molecule has 0 saturated carbocycles. The Hall–Kier alpha value is -2.90. The highest BCUT2D eigenvalue weighted by molar-refractivity contribution is 5.91. The van der Waals surface area contributed by atoms with Crippen LogP contribution in [0.3, 0.4) is 0 Å². The number of ether oxygens (including phenoxy) is 1. The molecule has 0 spiro atoms. The van der Waals surface area contributed by atoms with Crippen LogP contribution < -0.4 is 21.3 Å². The molecule has 21 heavy (non-hydrogen) atoms. The van der Waals surface area contributed by atoms with Gasteiger partial charge in [-0.1, -0.05) is 12.1 Å². The summed E-state index contributed by atoms with van der Waals surface area (Å²) in [6.45, 7) is 0.326. The summed E-state index contributed by atoms with van der Waals surface area (Å²) in [4.78, 5) is 35.9. The van der Waals surface area contributed by atoms with Crippen molar-refractivity contribution in [2.24, 2.45) is 0 Å². The van der Waals surface area contributed by atoms with Gasteiger partial charge in [0.15, 0.2) is 0 Å². The van der Waals surface area contributed by atoms with Crippen LogP contribution in [-0.2, 0) is 6.42 Å². The molecular formula is C13H14N4O4. The summed E-state index contributed by atoms with van der Waals surface area (Å²) in [6.07, 6.45) is 0.574. The molecule has 0 aliphatic carbocycles. The number of H-pyrrole nitrogens is 2. The first-order valence-corrected chi connectivity index (χ1v) is 6.20. The van der Waals surface area contributed by atoms with Gasteiger partial charge in [-0.15, -0.1) is 0 Å². The van der Waals surface area contributed by atoms with E-state index in [4.69, 9.17) is 4.74 Å². The zero-order valence-electron chi connectivity index (χ0n) is 11.3. The van der Waals surface area contributed by atoms with E-state index in [0.29, 0.717) is 13.0 Å². The second-order valence-corrected chi connectivity index (χ2v) is 4.21. The molecule has 1 aromatic heterocycles. The van der Waals surface area contributed by atoms with Gasteiger partial charge < -0.3 is 10.1 Å². The molecule has 0 aliphatic heterocycles. The number of aromatic amines is 2. The van der Waals surface area contributed by atoms with Crippen molar-refractivity contribution in [3.05, 3.63) is 56.4 Å². The molecule has 1 amide bonds. The number of carbonyl (C=O) groups excluding carboxylic acids is 1. The Morgan fingerprint density at radius 2 is 2.19 bits per heavy atom. The van der Waals surface area contributed by atoms with Crippen molar-refractivity contribution in [2.45, 2.75) is 6.42 Å². The predicted octanol–water partition coefficient (Wildman–Crippen LogP) is -0.561. The molecule has 8 nitrogen and oxygen atoms in total. The molecule has 110 valence electrons. The molecule has 0 fully saturated rings. The summed E-state index contributed by atoms with van der Waals surface area (Å²) in [5.74, 6) is 0.0907. The highest BCUT2D eigenvalue weighted by Gasteiger charge is 2.12. The Morgan fingerprint density at radius 3 is 2.90 bits per heavy atom. The average molecular weight is 290 g/mol. The number of nitrogens with one attached hydrogen (secondary N) is 3. The van der Waals surface area contributed by atoms with Gasteiger partial charge in [-0.05, 0) is 24.1 Å². The third-order valence-corrected chi connectivity index (χ3v) is 2.76. The summed E-state index contributed by atoms with van der Waals surface area (Å²) in [6, 6.07) is 7.44. The summed E-state index contributed by atoms with van der Waals surface area (Å²) in [5.41, 5.74) is -0.969. The van der Waals surface area contributed by atoms with Crippen LogP contribution in [0.2, 0.25) is 0 Å². The van der Waals surface area contributed by atoms with E-state index in [-0.39, 0.29) is 5.69 Å². The molecular weight excluding hydrogens is 276 g/mol. The van der Waals surface area contributed by atoms with Crippen LogP contribution in [0.5, 0.6) is 5.75 Å². The molecule has 0 atom stereocenters.